The van der Waals surface area contributed by atoms with E-state index in [0.717, 1.165) is 18.4 Å². The third-order valence-corrected chi connectivity index (χ3v) is 2.69. The standard InChI is InChI=1S/C14H16N2O3/c1-2-3-8-19-12-7-5-4-6-10(12)9-11-13(17)16-14(18)15-11/h4-7,9H,2-3,8H2,1H3,(H2,15,16,17,18). The Morgan fingerprint density at radius 2 is 2.00 bits per heavy atom. The van der Waals surface area contributed by atoms with Crippen LogP contribution < -0.4 is 15.4 Å². The minimum Gasteiger partial charge on any atom is -0.493 e. The minimum atomic E-state index is -0.499. The van der Waals surface area contributed by atoms with Crippen LogP contribution in [0.15, 0.2) is 30.0 Å². The maximum atomic E-state index is 11.5. The van der Waals surface area contributed by atoms with Crippen molar-refractivity contribution >= 4 is 18.0 Å². The topological polar surface area (TPSA) is 67.4 Å². The van der Waals surface area contributed by atoms with E-state index in [1.807, 2.05) is 24.3 Å². The molecule has 3 amide bonds. The Hall–Kier alpha value is -2.30. The van der Waals surface area contributed by atoms with Gasteiger partial charge in [0.15, 0.2) is 0 Å². The van der Waals surface area contributed by atoms with Gasteiger partial charge in [0.2, 0.25) is 0 Å². The molecule has 1 aliphatic rings. The number of nitrogens with one attached hydrogen (secondary N) is 2. The number of rotatable bonds is 5. The van der Waals surface area contributed by atoms with Crippen molar-refractivity contribution in [1.82, 2.24) is 10.6 Å². The molecule has 0 spiro atoms. The van der Waals surface area contributed by atoms with Crippen LogP contribution in [0.3, 0.4) is 0 Å². The number of amides is 3. The summed E-state index contributed by atoms with van der Waals surface area (Å²) in [5.41, 5.74) is 1.00. The maximum absolute atomic E-state index is 11.5. The number of para-hydroxylation sites is 1. The van der Waals surface area contributed by atoms with Crippen LogP contribution in [0.5, 0.6) is 5.75 Å². The van der Waals surface area contributed by atoms with E-state index < -0.39 is 11.9 Å². The molecule has 0 bridgehead atoms. The van der Waals surface area contributed by atoms with E-state index in [0.29, 0.717) is 12.4 Å². The lowest BCUT2D eigenvalue weighted by molar-refractivity contribution is -0.115. The quantitative estimate of drug-likeness (QED) is 0.483. The molecule has 1 fully saturated rings. The number of hydrogen-bond acceptors (Lipinski definition) is 3. The van der Waals surface area contributed by atoms with Crippen LogP contribution in [0.25, 0.3) is 6.08 Å². The van der Waals surface area contributed by atoms with Crippen molar-refractivity contribution < 1.29 is 14.3 Å². The molecule has 0 radical (unpaired) electrons. The Kier molecular flexibility index (Phi) is 4.18. The second-order valence-electron chi connectivity index (χ2n) is 4.21. The van der Waals surface area contributed by atoms with Gasteiger partial charge in [-0.05, 0) is 18.6 Å². The van der Waals surface area contributed by atoms with Gasteiger partial charge >= 0.3 is 6.03 Å². The van der Waals surface area contributed by atoms with Gasteiger partial charge in [0.1, 0.15) is 11.4 Å². The molecule has 2 rings (SSSR count). The molecular formula is C14H16N2O3. The average molecular weight is 260 g/mol. The summed E-state index contributed by atoms with van der Waals surface area (Å²) in [6.45, 7) is 2.73. The van der Waals surface area contributed by atoms with Crippen molar-refractivity contribution in [2.24, 2.45) is 0 Å². The third-order valence-electron chi connectivity index (χ3n) is 2.69. The van der Waals surface area contributed by atoms with Crippen LogP contribution >= 0.6 is 0 Å². The number of hydrogen-bond donors (Lipinski definition) is 2. The van der Waals surface area contributed by atoms with E-state index in [4.69, 9.17) is 4.74 Å². The first-order chi connectivity index (χ1) is 9.20. The monoisotopic (exact) mass is 260 g/mol. The first-order valence-electron chi connectivity index (χ1n) is 6.26. The highest BCUT2D eigenvalue weighted by molar-refractivity contribution is 6.14. The fraction of sp³-hybridized carbons (Fsp3) is 0.286. The molecule has 100 valence electrons. The van der Waals surface area contributed by atoms with Gasteiger partial charge in [-0.2, -0.15) is 0 Å². The average Bonchev–Trinajstić information content (AvgIpc) is 2.70. The fourth-order valence-electron chi connectivity index (χ4n) is 1.70. The van der Waals surface area contributed by atoms with Crippen LogP contribution in [0.4, 0.5) is 4.79 Å². The van der Waals surface area contributed by atoms with Crippen molar-refractivity contribution in [3.8, 4) is 5.75 Å². The van der Waals surface area contributed by atoms with E-state index in [1.165, 1.54) is 0 Å². The first kappa shape index (κ1) is 13.1. The highest BCUT2D eigenvalue weighted by atomic mass is 16.5. The van der Waals surface area contributed by atoms with Crippen LogP contribution in [-0.2, 0) is 4.79 Å². The van der Waals surface area contributed by atoms with E-state index in [-0.39, 0.29) is 5.70 Å². The lowest BCUT2D eigenvalue weighted by Gasteiger charge is -2.08. The van der Waals surface area contributed by atoms with Gasteiger partial charge in [-0.15, -0.1) is 0 Å². The van der Waals surface area contributed by atoms with Crippen molar-refractivity contribution in [2.75, 3.05) is 6.61 Å². The molecule has 0 unspecified atom stereocenters. The number of carbonyl (C=O) groups is 2. The second-order valence-corrected chi connectivity index (χ2v) is 4.21. The minimum absolute atomic E-state index is 0.233. The molecule has 0 aliphatic carbocycles. The van der Waals surface area contributed by atoms with Crippen LogP contribution in [0.1, 0.15) is 25.3 Å². The lowest BCUT2D eigenvalue weighted by Crippen LogP contribution is -2.22. The Balaban J connectivity index is 2.18. The molecule has 1 aliphatic heterocycles. The van der Waals surface area contributed by atoms with Gasteiger partial charge in [0, 0.05) is 5.56 Å². The number of imide groups is 1. The van der Waals surface area contributed by atoms with Gasteiger partial charge in [-0.3, -0.25) is 10.1 Å². The Bertz CT molecular complexity index is 523. The number of carbonyl (C=O) groups excluding carboxylic acids is 2. The van der Waals surface area contributed by atoms with E-state index in [9.17, 15) is 9.59 Å². The fourth-order valence-corrected chi connectivity index (χ4v) is 1.70. The number of urea groups is 1. The molecule has 0 atom stereocenters. The van der Waals surface area contributed by atoms with E-state index >= 15 is 0 Å². The number of unbranched alkanes of at least 4 members (excludes halogenated alkanes) is 1. The maximum Gasteiger partial charge on any atom is 0.326 e. The van der Waals surface area contributed by atoms with Crippen molar-refractivity contribution in [3.63, 3.8) is 0 Å². The zero-order chi connectivity index (χ0) is 13.7. The first-order valence-corrected chi connectivity index (χ1v) is 6.26. The highest BCUT2D eigenvalue weighted by Gasteiger charge is 2.23. The van der Waals surface area contributed by atoms with Crippen LogP contribution in [-0.4, -0.2) is 18.5 Å². The molecule has 19 heavy (non-hydrogen) atoms. The van der Waals surface area contributed by atoms with Gasteiger partial charge < -0.3 is 10.1 Å². The van der Waals surface area contributed by atoms with Gasteiger partial charge in [0.05, 0.1) is 6.61 Å². The van der Waals surface area contributed by atoms with Gasteiger partial charge in [-0.1, -0.05) is 31.5 Å². The summed E-state index contributed by atoms with van der Waals surface area (Å²) < 4.78 is 5.66. The molecule has 1 aromatic carbocycles. The van der Waals surface area contributed by atoms with Crippen LogP contribution in [0.2, 0.25) is 0 Å². The normalized spacial score (nSPS) is 16.4. The Labute approximate surface area is 111 Å². The third kappa shape index (κ3) is 3.34. The summed E-state index contributed by atoms with van der Waals surface area (Å²) in [4.78, 5) is 22.5. The SMILES string of the molecule is CCCCOc1ccccc1C=C1NC(=O)NC1=O. The molecule has 0 aromatic heterocycles. The summed E-state index contributed by atoms with van der Waals surface area (Å²) in [7, 11) is 0. The van der Waals surface area contributed by atoms with Crippen molar-refractivity contribution in [2.45, 2.75) is 19.8 Å². The predicted molar refractivity (Wildman–Crippen MR) is 71.5 cm³/mol. The number of ether oxygens (including phenoxy) is 1. The molecule has 2 N–H and O–H groups in total. The van der Waals surface area contributed by atoms with Crippen molar-refractivity contribution in [1.29, 1.82) is 0 Å². The molecule has 1 saturated heterocycles. The zero-order valence-electron chi connectivity index (χ0n) is 10.7. The summed E-state index contributed by atoms with van der Waals surface area (Å²) in [5, 5.41) is 4.61. The molecule has 5 heteroatoms. The van der Waals surface area contributed by atoms with Gasteiger partial charge in [-0.25, -0.2) is 4.79 Å². The Morgan fingerprint density at radius 1 is 1.21 bits per heavy atom. The van der Waals surface area contributed by atoms with Crippen LogP contribution in [0, 0.1) is 0 Å². The van der Waals surface area contributed by atoms with Gasteiger partial charge in [0.25, 0.3) is 5.91 Å². The molecule has 1 heterocycles. The predicted octanol–water partition coefficient (Wildman–Crippen LogP) is 2.05. The molecule has 0 saturated carbocycles. The van der Waals surface area contributed by atoms with E-state index in [1.54, 1.807) is 6.08 Å². The lowest BCUT2D eigenvalue weighted by atomic mass is 10.1. The highest BCUT2D eigenvalue weighted by Crippen LogP contribution is 2.21. The zero-order valence-corrected chi connectivity index (χ0v) is 10.7. The molecular weight excluding hydrogens is 244 g/mol. The second kappa shape index (κ2) is 6.04. The summed E-state index contributed by atoms with van der Waals surface area (Å²) >= 11 is 0. The molecule has 5 nitrogen and oxygen atoms in total. The summed E-state index contributed by atoms with van der Waals surface area (Å²) in [6, 6.07) is 6.91. The summed E-state index contributed by atoms with van der Waals surface area (Å²) in [5.74, 6) is 0.283. The smallest absolute Gasteiger partial charge is 0.326 e. The Morgan fingerprint density at radius 3 is 2.68 bits per heavy atom. The van der Waals surface area contributed by atoms with E-state index in [2.05, 4.69) is 17.6 Å². The number of benzene rings is 1. The van der Waals surface area contributed by atoms with Crippen molar-refractivity contribution in [3.05, 3.63) is 35.5 Å². The largest absolute Gasteiger partial charge is 0.493 e. The summed E-state index contributed by atoms with van der Waals surface area (Å²) in [6.07, 6.45) is 3.64. The molecule has 1 aromatic rings.